The molecule has 1 aromatic carbocycles. The van der Waals surface area contributed by atoms with E-state index in [9.17, 15) is 8.78 Å². The summed E-state index contributed by atoms with van der Waals surface area (Å²) in [6, 6.07) is 3.22. The van der Waals surface area contributed by atoms with E-state index in [4.69, 9.17) is 5.73 Å². The van der Waals surface area contributed by atoms with Crippen LogP contribution in [0.3, 0.4) is 0 Å². The largest absolute Gasteiger partial charge is 0.381 e. The van der Waals surface area contributed by atoms with E-state index in [0.29, 0.717) is 5.69 Å². The summed E-state index contributed by atoms with van der Waals surface area (Å²) in [5, 5.41) is 7.24. The lowest BCUT2D eigenvalue weighted by atomic mass is 10.3. The zero-order valence-corrected chi connectivity index (χ0v) is 7.91. The molecule has 6 heteroatoms. The normalized spacial score (nSPS) is 10.6. The molecule has 0 amide bonds. The molecular formula is C9H8F2N4. The van der Waals surface area contributed by atoms with Gasteiger partial charge in [-0.2, -0.15) is 0 Å². The van der Waals surface area contributed by atoms with Crippen LogP contribution < -0.4 is 5.73 Å². The Morgan fingerprint density at radius 1 is 1.33 bits per heavy atom. The van der Waals surface area contributed by atoms with Crippen molar-refractivity contribution in [2.24, 2.45) is 0 Å². The second-order valence-electron chi connectivity index (χ2n) is 3.07. The maximum Gasteiger partial charge on any atom is 0.169 e. The van der Waals surface area contributed by atoms with Gasteiger partial charge in [0.05, 0.1) is 5.69 Å². The monoisotopic (exact) mass is 210 g/mol. The molecule has 2 aromatic rings. The summed E-state index contributed by atoms with van der Waals surface area (Å²) < 4.78 is 27.2. The molecule has 15 heavy (non-hydrogen) atoms. The first kappa shape index (κ1) is 9.57. The van der Waals surface area contributed by atoms with Gasteiger partial charge in [0.15, 0.2) is 11.6 Å². The number of nitrogen functional groups attached to an aromatic ring is 1. The molecule has 0 aliphatic heterocycles. The van der Waals surface area contributed by atoms with E-state index in [0.717, 1.165) is 12.1 Å². The maximum absolute atomic E-state index is 13.4. The molecule has 0 spiro atoms. The quantitative estimate of drug-likeness (QED) is 0.774. The molecule has 0 saturated carbocycles. The predicted molar refractivity (Wildman–Crippen MR) is 50.4 cm³/mol. The molecule has 0 radical (unpaired) electrons. The third-order valence-corrected chi connectivity index (χ3v) is 2.07. The van der Waals surface area contributed by atoms with Gasteiger partial charge in [0.2, 0.25) is 0 Å². The Labute approximate surface area is 84.3 Å². The first-order valence-electron chi connectivity index (χ1n) is 4.23. The third kappa shape index (κ3) is 1.54. The van der Waals surface area contributed by atoms with Crippen molar-refractivity contribution in [2.75, 3.05) is 5.73 Å². The van der Waals surface area contributed by atoms with E-state index in [1.807, 2.05) is 0 Å². The maximum atomic E-state index is 13.4. The minimum absolute atomic E-state index is 0.123. The molecule has 0 atom stereocenters. The molecular weight excluding hydrogens is 202 g/mol. The number of aromatic nitrogens is 3. The molecule has 2 rings (SSSR count). The van der Waals surface area contributed by atoms with E-state index in [1.54, 1.807) is 6.92 Å². The highest BCUT2D eigenvalue weighted by Crippen LogP contribution is 2.17. The number of nitrogens with zero attached hydrogens (tertiary/aromatic N) is 3. The zero-order chi connectivity index (χ0) is 11.0. The van der Waals surface area contributed by atoms with Gasteiger partial charge in [-0.1, -0.05) is 5.21 Å². The number of halogens is 2. The number of hydrogen-bond acceptors (Lipinski definition) is 3. The average molecular weight is 210 g/mol. The van der Waals surface area contributed by atoms with Gasteiger partial charge in [0.25, 0.3) is 0 Å². The summed E-state index contributed by atoms with van der Waals surface area (Å²) in [4.78, 5) is 0. The fraction of sp³-hybridized carbons (Fsp3) is 0.111. The van der Waals surface area contributed by atoms with Gasteiger partial charge in [-0.05, 0) is 19.1 Å². The lowest BCUT2D eigenvalue weighted by molar-refractivity contribution is 0.570. The fourth-order valence-corrected chi connectivity index (χ4v) is 1.22. The molecule has 0 aliphatic carbocycles. The molecule has 1 aromatic heterocycles. The predicted octanol–water partition coefficient (Wildman–Crippen LogP) is 1.44. The number of hydrogen-bond donors (Lipinski definition) is 1. The Hall–Kier alpha value is -1.98. The standard InChI is InChI=1S/C9H8F2N4/c1-5-9(12)13-14-15(5)8-3-2-6(10)4-7(8)11/h2-4H,12H2,1H3. The molecule has 0 unspecified atom stereocenters. The summed E-state index contributed by atoms with van der Waals surface area (Å²) in [7, 11) is 0. The Balaban J connectivity index is 2.59. The average Bonchev–Trinajstić information content (AvgIpc) is 2.49. The van der Waals surface area contributed by atoms with Gasteiger partial charge in [-0.15, -0.1) is 5.10 Å². The minimum Gasteiger partial charge on any atom is -0.381 e. The van der Waals surface area contributed by atoms with E-state index in [-0.39, 0.29) is 11.5 Å². The van der Waals surface area contributed by atoms with Crippen molar-refractivity contribution in [3.8, 4) is 5.69 Å². The van der Waals surface area contributed by atoms with Crippen molar-refractivity contribution in [1.29, 1.82) is 0 Å². The van der Waals surface area contributed by atoms with Crippen LogP contribution in [-0.4, -0.2) is 15.0 Å². The van der Waals surface area contributed by atoms with Crippen molar-refractivity contribution in [2.45, 2.75) is 6.92 Å². The third-order valence-electron chi connectivity index (χ3n) is 2.07. The lowest BCUT2D eigenvalue weighted by Gasteiger charge is -2.04. The molecule has 0 aliphatic rings. The molecule has 78 valence electrons. The summed E-state index contributed by atoms with van der Waals surface area (Å²) in [6.07, 6.45) is 0. The molecule has 2 N–H and O–H groups in total. The van der Waals surface area contributed by atoms with Crippen LogP contribution in [0.5, 0.6) is 0 Å². The molecule has 0 fully saturated rings. The smallest absolute Gasteiger partial charge is 0.169 e. The number of anilines is 1. The van der Waals surface area contributed by atoms with Crippen LogP contribution in [0.25, 0.3) is 5.69 Å². The second-order valence-corrected chi connectivity index (χ2v) is 3.07. The van der Waals surface area contributed by atoms with Crippen LogP contribution in [0.2, 0.25) is 0 Å². The summed E-state index contributed by atoms with van der Waals surface area (Å²) in [5.74, 6) is -1.12. The van der Waals surface area contributed by atoms with Crippen LogP contribution in [-0.2, 0) is 0 Å². The van der Waals surface area contributed by atoms with Gasteiger partial charge in [0, 0.05) is 6.07 Å². The van der Waals surface area contributed by atoms with Gasteiger partial charge in [-0.25, -0.2) is 13.5 Å². The summed E-state index contributed by atoms with van der Waals surface area (Å²) >= 11 is 0. The zero-order valence-electron chi connectivity index (χ0n) is 7.91. The van der Waals surface area contributed by atoms with Crippen molar-refractivity contribution in [1.82, 2.24) is 15.0 Å². The van der Waals surface area contributed by atoms with Crippen molar-refractivity contribution in [3.05, 3.63) is 35.5 Å². The number of rotatable bonds is 1. The highest BCUT2D eigenvalue weighted by atomic mass is 19.1. The van der Waals surface area contributed by atoms with Gasteiger partial charge in [0.1, 0.15) is 11.5 Å². The molecule has 4 nitrogen and oxygen atoms in total. The van der Waals surface area contributed by atoms with Gasteiger partial charge >= 0.3 is 0 Å². The topological polar surface area (TPSA) is 56.7 Å². The SMILES string of the molecule is Cc1c(N)nnn1-c1ccc(F)cc1F. The van der Waals surface area contributed by atoms with E-state index in [1.165, 1.54) is 10.7 Å². The first-order valence-corrected chi connectivity index (χ1v) is 4.23. The summed E-state index contributed by atoms with van der Waals surface area (Å²) in [5.41, 5.74) is 6.10. The molecule has 0 bridgehead atoms. The number of nitrogens with two attached hydrogens (primary N) is 1. The van der Waals surface area contributed by atoms with Crippen molar-refractivity contribution in [3.63, 3.8) is 0 Å². The van der Waals surface area contributed by atoms with E-state index < -0.39 is 11.6 Å². The summed E-state index contributed by atoms with van der Waals surface area (Å²) in [6.45, 7) is 1.65. The Bertz CT molecular complexity index is 507. The van der Waals surface area contributed by atoms with Crippen molar-refractivity contribution < 1.29 is 8.78 Å². The Morgan fingerprint density at radius 3 is 2.60 bits per heavy atom. The number of benzene rings is 1. The van der Waals surface area contributed by atoms with Gasteiger partial charge in [-0.3, -0.25) is 0 Å². The highest BCUT2D eigenvalue weighted by molar-refractivity contribution is 5.40. The molecule has 1 heterocycles. The van der Waals surface area contributed by atoms with E-state index in [2.05, 4.69) is 10.3 Å². The van der Waals surface area contributed by atoms with Crippen LogP contribution in [0.1, 0.15) is 5.69 Å². The first-order chi connectivity index (χ1) is 7.09. The Kier molecular flexibility index (Phi) is 2.11. The lowest BCUT2D eigenvalue weighted by Crippen LogP contribution is -2.02. The van der Waals surface area contributed by atoms with E-state index >= 15 is 0 Å². The Morgan fingerprint density at radius 2 is 2.07 bits per heavy atom. The van der Waals surface area contributed by atoms with Crippen LogP contribution in [0.4, 0.5) is 14.6 Å². The van der Waals surface area contributed by atoms with Crippen LogP contribution in [0.15, 0.2) is 18.2 Å². The van der Waals surface area contributed by atoms with Crippen molar-refractivity contribution >= 4 is 5.82 Å². The second kappa shape index (κ2) is 3.30. The fourth-order valence-electron chi connectivity index (χ4n) is 1.22. The minimum atomic E-state index is -0.706. The molecule has 0 saturated heterocycles. The van der Waals surface area contributed by atoms with Gasteiger partial charge < -0.3 is 5.73 Å². The highest BCUT2D eigenvalue weighted by Gasteiger charge is 2.11. The van der Waals surface area contributed by atoms with Crippen LogP contribution >= 0.6 is 0 Å². The van der Waals surface area contributed by atoms with Crippen LogP contribution in [0, 0.1) is 18.6 Å².